The van der Waals surface area contributed by atoms with Crippen LogP contribution in [0.15, 0.2) is 53.6 Å². The zero-order chi connectivity index (χ0) is 20.9. The summed E-state index contributed by atoms with van der Waals surface area (Å²) in [6.45, 7) is 0. The molecule has 156 valence electrons. The second kappa shape index (κ2) is 9.47. The first-order valence-electron chi connectivity index (χ1n) is 10.5. The average molecular weight is 422 g/mol. The van der Waals surface area contributed by atoms with E-state index in [9.17, 15) is 4.79 Å². The zero-order valence-corrected chi connectivity index (χ0v) is 18.3. The summed E-state index contributed by atoms with van der Waals surface area (Å²) in [5.41, 5.74) is 1.81. The van der Waals surface area contributed by atoms with Crippen LogP contribution in [0.1, 0.15) is 32.1 Å². The fraction of sp³-hybridized carbons (Fsp3) is 0.375. The van der Waals surface area contributed by atoms with Crippen LogP contribution in [-0.2, 0) is 4.79 Å². The van der Waals surface area contributed by atoms with Crippen molar-refractivity contribution in [2.75, 3.05) is 19.9 Å². The first kappa shape index (κ1) is 20.7. The van der Waals surface area contributed by atoms with Crippen molar-refractivity contribution in [3.05, 3.63) is 48.5 Å². The molecule has 0 bridgehead atoms. The number of carbonyl (C=O) groups excluding carboxylic acids is 1. The van der Waals surface area contributed by atoms with Crippen molar-refractivity contribution in [3.63, 3.8) is 0 Å². The predicted octanol–water partition coefficient (Wildman–Crippen LogP) is 5.19. The van der Waals surface area contributed by atoms with Gasteiger partial charge in [-0.15, -0.1) is 0 Å². The Bertz CT molecular complexity index is 1020. The molecule has 0 spiro atoms. The van der Waals surface area contributed by atoms with Crippen LogP contribution in [0.2, 0.25) is 0 Å². The summed E-state index contributed by atoms with van der Waals surface area (Å²) in [5, 5.41) is 1.72. The molecular weight excluding hydrogens is 394 g/mol. The Morgan fingerprint density at radius 3 is 2.60 bits per heavy atom. The number of fused-ring (bicyclic) bond motifs is 1. The Kier molecular flexibility index (Phi) is 6.53. The normalized spacial score (nSPS) is 14.6. The highest BCUT2D eigenvalue weighted by Gasteiger charge is 2.22. The van der Waals surface area contributed by atoms with Crippen LogP contribution in [0.5, 0.6) is 5.75 Å². The van der Waals surface area contributed by atoms with Gasteiger partial charge in [-0.25, -0.2) is 9.97 Å². The summed E-state index contributed by atoms with van der Waals surface area (Å²) < 4.78 is 5.40. The highest BCUT2D eigenvalue weighted by molar-refractivity contribution is 8.00. The molecule has 0 saturated heterocycles. The molecule has 1 saturated carbocycles. The molecule has 0 atom stereocenters. The van der Waals surface area contributed by atoms with Crippen molar-refractivity contribution >= 4 is 28.6 Å². The third-order valence-electron chi connectivity index (χ3n) is 5.75. The maximum absolute atomic E-state index is 12.9. The Hall–Kier alpha value is -2.60. The maximum atomic E-state index is 12.9. The highest BCUT2D eigenvalue weighted by atomic mass is 32.2. The molecule has 5 nitrogen and oxygen atoms in total. The Balaban J connectivity index is 1.61. The zero-order valence-electron chi connectivity index (χ0n) is 17.5. The summed E-state index contributed by atoms with van der Waals surface area (Å²) in [6, 6.07) is 16.1. The summed E-state index contributed by atoms with van der Waals surface area (Å²) >= 11 is 1.48. The summed E-state index contributed by atoms with van der Waals surface area (Å²) in [6.07, 6.45) is 5.93. The SMILES string of the molecule is COc1ccc2nc(-c3ccccc3)nc(SCC(=O)N(C)C3CCCCC3)c2c1. The Morgan fingerprint density at radius 2 is 1.87 bits per heavy atom. The molecule has 0 unspecified atom stereocenters. The number of aromatic nitrogens is 2. The lowest BCUT2D eigenvalue weighted by Crippen LogP contribution is -2.39. The van der Waals surface area contributed by atoms with Gasteiger partial charge in [0.2, 0.25) is 5.91 Å². The van der Waals surface area contributed by atoms with Gasteiger partial charge in [0, 0.05) is 24.0 Å². The molecule has 30 heavy (non-hydrogen) atoms. The lowest BCUT2D eigenvalue weighted by Gasteiger charge is -2.31. The summed E-state index contributed by atoms with van der Waals surface area (Å²) in [4.78, 5) is 24.4. The van der Waals surface area contributed by atoms with Gasteiger partial charge in [-0.05, 0) is 31.0 Å². The third-order valence-corrected chi connectivity index (χ3v) is 6.72. The number of carbonyl (C=O) groups is 1. The van der Waals surface area contributed by atoms with E-state index < -0.39 is 0 Å². The van der Waals surface area contributed by atoms with Gasteiger partial charge in [0.05, 0.1) is 18.4 Å². The van der Waals surface area contributed by atoms with Gasteiger partial charge in [-0.2, -0.15) is 0 Å². The molecule has 0 aliphatic heterocycles. The van der Waals surface area contributed by atoms with Gasteiger partial charge in [-0.1, -0.05) is 61.4 Å². The van der Waals surface area contributed by atoms with Gasteiger partial charge < -0.3 is 9.64 Å². The van der Waals surface area contributed by atoms with Gasteiger partial charge in [-0.3, -0.25) is 4.79 Å². The Morgan fingerprint density at radius 1 is 1.10 bits per heavy atom. The van der Waals surface area contributed by atoms with Crippen molar-refractivity contribution in [2.45, 2.75) is 43.2 Å². The first-order chi connectivity index (χ1) is 14.7. The van der Waals surface area contributed by atoms with E-state index in [1.54, 1.807) is 7.11 Å². The molecular formula is C24H27N3O2S. The molecule has 6 heteroatoms. The minimum absolute atomic E-state index is 0.155. The predicted molar refractivity (Wildman–Crippen MR) is 122 cm³/mol. The highest BCUT2D eigenvalue weighted by Crippen LogP contribution is 2.31. The van der Waals surface area contributed by atoms with E-state index in [1.807, 2.05) is 60.5 Å². The van der Waals surface area contributed by atoms with Crippen LogP contribution in [-0.4, -0.2) is 46.7 Å². The number of benzene rings is 2. The van der Waals surface area contributed by atoms with Crippen LogP contribution in [0, 0.1) is 0 Å². The lowest BCUT2D eigenvalue weighted by atomic mass is 9.94. The second-order valence-electron chi connectivity index (χ2n) is 7.69. The largest absolute Gasteiger partial charge is 0.497 e. The number of methoxy groups -OCH3 is 1. The molecule has 1 heterocycles. The van der Waals surface area contributed by atoms with Crippen LogP contribution < -0.4 is 4.74 Å². The van der Waals surface area contributed by atoms with Gasteiger partial charge >= 0.3 is 0 Å². The summed E-state index contributed by atoms with van der Waals surface area (Å²) in [5.74, 6) is 1.95. The van der Waals surface area contributed by atoms with E-state index in [0.717, 1.165) is 40.1 Å². The molecule has 1 aromatic heterocycles. The van der Waals surface area contributed by atoms with Crippen molar-refractivity contribution in [3.8, 4) is 17.1 Å². The smallest absolute Gasteiger partial charge is 0.232 e. The molecule has 1 amide bonds. The van der Waals surface area contributed by atoms with Crippen LogP contribution >= 0.6 is 11.8 Å². The van der Waals surface area contributed by atoms with E-state index in [2.05, 4.69) is 0 Å². The van der Waals surface area contributed by atoms with Crippen LogP contribution in [0.3, 0.4) is 0 Å². The van der Waals surface area contributed by atoms with Gasteiger partial charge in [0.15, 0.2) is 5.82 Å². The monoisotopic (exact) mass is 421 g/mol. The number of rotatable bonds is 6. The second-order valence-corrected chi connectivity index (χ2v) is 8.65. The minimum Gasteiger partial charge on any atom is -0.497 e. The number of nitrogens with zero attached hydrogens (tertiary/aromatic N) is 3. The third kappa shape index (κ3) is 4.59. The quantitative estimate of drug-likeness (QED) is 0.405. The van der Waals surface area contributed by atoms with Gasteiger partial charge in [0.1, 0.15) is 10.8 Å². The lowest BCUT2D eigenvalue weighted by molar-refractivity contribution is -0.129. The maximum Gasteiger partial charge on any atom is 0.232 e. The Labute approximate surface area is 181 Å². The first-order valence-corrected chi connectivity index (χ1v) is 11.4. The average Bonchev–Trinajstić information content (AvgIpc) is 2.82. The van der Waals surface area contributed by atoms with E-state index in [1.165, 1.54) is 31.0 Å². The van der Waals surface area contributed by atoms with Crippen molar-refractivity contribution in [1.29, 1.82) is 0 Å². The topological polar surface area (TPSA) is 55.3 Å². The molecule has 2 aromatic carbocycles. The molecule has 1 fully saturated rings. The van der Waals surface area contributed by atoms with Crippen molar-refractivity contribution in [1.82, 2.24) is 14.9 Å². The fourth-order valence-electron chi connectivity index (χ4n) is 3.94. The molecule has 0 N–H and O–H groups in total. The number of hydrogen-bond acceptors (Lipinski definition) is 5. The molecule has 1 aliphatic carbocycles. The standard InChI is InChI=1S/C24H27N3O2S/c1-27(18-11-7-4-8-12-18)22(28)16-30-24-20-15-19(29-2)13-14-21(20)25-23(26-24)17-9-5-3-6-10-17/h3,5-6,9-10,13-15,18H,4,7-8,11-12,16H2,1-2H3. The number of amides is 1. The van der Waals surface area contributed by atoms with Gasteiger partial charge in [0.25, 0.3) is 0 Å². The van der Waals surface area contributed by atoms with Crippen LogP contribution in [0.4, 0.5) is 0 Å². The molecule has 4 rings (SSSR count). The van der Waals surface area contributed by atoms with Crippen LogP contribution in [0.25, 0.3) is 22.3 Å². The number of hydrogen-bond donors (Lipinski definition) is 0. The van der Waals surface area contributed by atoms with Crippen molar-refractivity contribution in [2.24, 2.45) is 0 Å². The number of thioether (sulfide) groups is 1. The van der Waals surface area contributed by atoms with E-state index in [4.69, 9.17) is 14.7 Å². The molecule has 1 aliphatic rings. The fourth-order valence-corrected chi connectivity index (χ4v) is 4.87. The summed E-state index contributed by atoms with van der Waals surface area (Å²) in [7, 11) is 3.59. The van der Waals surface area contributed by atoms with Crippen molar-refractivity contribution < 1.29 is 9.53 Å². The molecule has 0 radical (unpaired) electrons. The number of ether oxygens (including phenoxy) is 1. The van der Waals surface area contributed by atoms with E-state index >= 15 is 0 Å². The minimum atomic E-state index is 0.155. The van der Waals surface area contributed by atoms with E-state index in [-0.39, 0.29) is 5.91 Å². The van der Waals surface area contributed by atoms with E-state index in [0.29, 0.717) is 17.6 Å². The molecule has 3 aromatic rings.